The third-order valence-corrected chi connectivity index (χ3v) is 14.3. The number of fused-ring (bicyclic) bond motifs is 7. The largest absolute Gasteiger partial charge is 0.478 e. The number of benzene rings is 1. The summed E-state index contributed by atoms with van der Waals surface area (Å²) in [7, 11) is 0. The second-order valence-corrected chi connectivity index (χ2v) is 15.6. The zero-order valence-electron chi connectivity index (χ0n) is 24.1. The normalized spacial score (nSPS) is 45.3. The van der Waals surface area contributed by atoms with Crippen LogP contribution < -0.4 is 0 Å². The molecule has 4 saturated carbocycles. The maximum atomic E-state index is 11.5. The van der Waals surface area contributed by atoms with Crippen molar-refractivity contribution < 1.29 is 15.0 Å². The lowest BCUT2D eigenvalue weighted by atomic mass is 9.33. The molecule has 0 aliphatic heterocycles. The van der Waals surface area contributed by atoms with Gasteiger partial charge < -0.3 is 10.2 Å². The van der Waals surface area contributed by atoms with Crippen LogP contribution in [0.15, 0.2) is 24.3 Å². The first-order valence-electron chi connectivity index (χ1n) is 15.2. The highest BCUT2D eigenvalue weighted by Crippen LogP contribution is 2.77. The average Bonchev–Trinajstić information content (AvgIpc) is 3.28. The number of carboxylic acid groups (broad SMARTS) is 1. The van der Waals surface area contributed by atoms with E-state index in [9.17, 15) is 15.0 Å². The smallest absolute Gasteiger partial charge is 0.337 e. The van der Waals surface area contributed by atoms with Crippen LogP contribution in [0.25, 0.3) is 5.57 Å². The summed E-state index contributed by atoms with van der Waals surface area (Å²) in [5, 5.41) is 20.3. The van der Waals surface area contributed by atoms with E-state index in [2.05, 4.69) is 40.7 Å². The monoisotopic (exact) mass is 538 g/mol. The predicted octanol–water partition coefficient (Wildman–Crippen LogP) is 8.88. The first kappa shape index (κ1) is 26.9. The number of aliphatic hydroxyl groups is 1. The Labute approximate surface area is 234 Å². The molecule has 38 heavy (non-hydrogen) atoms. The van der Waals surface area contributed by atoms with Crippen molar-refractivity contribution in [2.24, 2.45) is 50.7 Å². The maximum Gasteiger partial charge on any atom is 0.337 e. The molecule has 4 fully saturated rings. The van der Waals surface area contributed by atoms with Gasteiger partial charge in [0.2, 0.25) is 0 Å². The molecule has 5 aliphatic rings. The Morgan fingerprint density at radius 3 is 2.37 bits per heavy atom. The van der Waals surface area contributed by atoms with E-state index in [0.717, 1.165) is 17.9 Å². The summed E-state index contributed by atoms with van der Waals surface area (Å²) >= 11 is 6.43. The fraction of sp³-hybridized carbons (Fsp3) is 0.735. The third kappa shape index (κ3) is 3.33. The van der Waals surface area contributed by atoms with Crippen molar-refractivity contribution in [3.8, 4) is 0 Å². The third-order valence-electron chi connectivity index (χ3n) is 13.9. The van der Waals surface area contributed by atoms with Gasteiger partial charge in [0.15, 0.2) is 0 Å². The van der Waals surface area contributed by atoms with Crippen molar-refractivity contribution in [3.63, 3.8) is 0 Å². The molecule has 0 radical (unpaired) electrons. The van der Waals surface area contributed by atoms with Crippen LogP contribution >= 0.6 is 11.6 Å². The number of allylic oxidation sites excluding steroid dienone is 2. The SMILES string of the molecule is CC1(C)C(c2ccc(C(=O)O)c(Cl)c2)=CCC2(C)C1CCC1(C)C2CCC2C3CCCC3(CO)CC[C@]21C. The number of carbonyl (C=O) groups is 1. The summed E-state index contributed by atoms with van der Waals surface area (Å²) in [6.45, 7) is 13.2. The fourth-order valence-electron chi connectivity index (χ4n) is 11.9. The lowest BCUT2D eigenvalue weighted by Crippen LogP contribution is -2.65. The number of carboxylic acids is 1. The second-order valence-electron chi connectivity index (χ2n) is 15.2. The summed E-state index contributed by atoms with van der Waals surface area (Å²) < 4.78 is 0. The van der Waals surface area contributed by atoms with Gasteiger partial charge in [-0.15, -0.1) is 0 Å². The van der Waals surface area contributed by atoms with Crippen molar-refractivity contribution in [2.75, 3.05) is 6.61 Å². The Bertz CT molecular complexity index is 1190. The quantitative estimate of drug-likeness (QED) is 0.404. The van der Waals surface area contributed by atoms with Crippen LogP contribution in [0.4, 0.5) is 0 Å². The zero-order valence-corrected chi connectivity index (χ0v) is 24.8. The highest BCUT2D eigenvalue weighted by atomic mass is 35.5. The van der Waals surface area contributed by atoms with Gasteiger partial charge >= 0.3 is 5.97 Å². The summed E-state index contributed by atoms with van der Waals surface area (Å²) in [5.74, 6) is 1.77. The Kier molecular flexibility index (Phi) is 6.08. The molecule has 1 aromatic carbocycles. The van der Waals surface area contributed by atoms with Gasteiger partial charge in [0.1, 0.15) is 0 Å². The highest BCUT2D eigenvalue weighted by Gasteiger charge is 2.69. The number of halogens is 1. The Hall–Kier alpha value is -1.32. The van der Waals surface area contributed by atoms with E-state index in [-0.39, 0.29) is 21.8 Å². The number of aliphatic hydroxyl groups excluding tert-OH is 1. The van der Waals surface area contributed by atoms with Crippen LogP contribution in [-0.4, -0.2) is 22.8 Å². The minimum absolute atomic E-state index is 0.00971. The lowest BCUT2D eigenvalue weighted by Gasteiger charge is -2.72. The number of aromatic carboxylic acids is 1. The van der Waals surface area contributed by atoms with E-state index in [1.54, 1.807) is 6.07 Å². The molecule has 5 aliphatic carbocycles. The van der Waals surface area contributed by atoms with Crippen LogP contribution in [0.3, 0.4) is 0 Å². The fourth-order valence-corrected chi connectivity index (χ4v) is 12.2. The molecule has 7 unspecified atom stereocenters. The van der Waals surface area contributed by atoms with Gasteiger partial charge in [0, 0.05) is 6.61 Å². The van der Waals surface area contributed by atoms with Crippen molar-refractivity contribution in [2.45, 2.75) is 98.8 Å². The number of hydrogen-bond donors (Lipinski definition) is 2. The van der Waals surface area contributed by atoms with Crippen LogP contribution in [0.5, 0.6) is 0 Å². The predicted molar refractivity (Wildman–Crippen MR) is 154 cm³/mol. The molecule has 4 heteroatoms. The molecule has 3 nitrogen and oxygen atoms in total. The van der Waals surface area contributed by atoms with Gasteiger partial charge in [-0.05, 0) is 132 Å². The summed E-state index contributed by atoms with van der Waals surface area (Å²) in [6.07, 6.45) is 15.1. The number of rotatable bonds is 3. The number of hydrogen-bond acceptors (Lipinski definition) is 2. The van der Waals surface area contributed by atoms with Gasteiger partial charge in [0.25, 0.3) is 0 Å². The van der Waals surface area contributed by atoms with Crippen molar-refractivity contribution in [1.82, 2.24) is 0 Å². The summed E-state index contributed by atoms with van der Waals surface area (Å²) in [5.41, 5.74) is 3.71. The van der Waals surface area contributed by atoms with Gasteiger partial charge in [-0.25, -0.2) is 4.79 Å². The molecule has 208 valence electrons. The van der Waals surface area contributed by atoms with Gasteiger partial charge in [-0.3, -0.25) is 0 Å². The molecule has 0 heterocycles. The van der Waals surface area contributed by atoms with E-state index >= 15 is 0 Å². The molecule has 8 atom stereocenters. The van der Waals surface area contributed by atoms with Crippen LogP contribution in [0, 0.1) is 50.7 Å². The minimum Gasteiger partial charge on any atom is -0.478 e. The summed E-state index contributed by atoms with van der Waals surface area (Å²) in [4.78, 5) is 11.5. The van der Waals surface area contributed by atoms with E-state index in [4.69, 9.17) is 11.6 Å². The van der Waals surface area contributed by atoms with Gasteiger partial charge in [-0.2, -0.15) is 0 Å². The molecule has 0 saturated heterocycles. The standard InChI is InChI=1S/C34H47ClO3/c1-30(2)23(21-8-9-22(29(37)38)26(35)19-21)12-15-31(3)27(30)13-16-33(5)28(31)11-10-24-25-7-6-14-34(25,20-36)18-17-32(24,33)4/h8-9,12,19,24-25,27-28,36H,6-7,10-11,13-18,20H2,1-5H3,(H,37,38)/t24?,25?,27?,28?,31?,32-,33?,34?/m1/s1. The Morgan fingerprint density at radius 1 is 0.921 bits per heavy atom. The van der Waals surface area contributed by atoms with Crippen LogP contribution in [0.1, 0.15) is 115 Å². The van der Waals surface area contributed by atoms with Crippen LogP contribution in [-0.2, 0) is 0 Å². The zero-order chi connectivity index (χ0) is 27.3. The first-order chi connectivity index (χ1) is 17.8. The maximum absolute atomic E-state index is 11.5. The molecule has 0 spiro atoms. The molecular formula is C34H47ClO3. The van der Waals surface area contributed by atoms with Gasteiger partial charge in [0.05, 0.1) is 10.6 Å². The van der Waals surface area contributed by atoms with Crippen LogP contribution in [0.2, 0.25) is 5.02 Å². The Balaban J connectivity index is 1.36. The molecular weight excluding hydrogens is 492 g/mol. The topological polar surface area (TPSA) is 57.5 Å². The van der Waals surface area contributed by atoms with E-state index in [0.29, 0.717) is 40.2 Å². The highest BCUT2D eigenvalue weighted by molar-refractivity contribution is 6.33. The average molecular weight is 539 g/mol. The lowest BCUT2D eigenvalue weighted by molar-refractivity contribution is -0.225. The van der Waals surface area contributed by atoms with Crippen molar-refractivity contribution in [1.29, 1.82) is 0 Å². The van der Waals surface area contributed by atoms with Gasteiger partial charge in [-0.1, -0.05) is 64.8 Å². The molecule has 0 aromatic heterocycles. The molecule has 6 rings (SSSR count). The van der Waals surface area contributed by atoms with Crippen molar-refractivity contribution in [3.05, 3.63) is 40.4 Å². The van der Waals surface area contributed by atoms with Crippen molar-refractivity contribution >= 4 is 23.1 Å². The van der Waals surface area contributed by atoms with E-state index in [1.807, 2.05) is 12.1 Å². The van der Waals surface area contributed by atoms with E-state index in [1.165, 1.54) is 63.4 Å². The second kappa shape index (κ2) is 8.59. The first-order valence-corrected chi connectivity index (χ1v) is 15.6. The molecule has 2 N–H and O–H groups in total. The Morgan fingerprint density at radius 2 is 1.68 bits per heavy atom. The molecule has 1 aromatic rings. The minimum atomic E-state index is -0.974. The molecule has 0 bridgehead atoms. The molecule has 0 amide bonds. The van der Waals surface area contributed by atoms with E-state index < -0.39 is 5.97 Å². The summed E-state index contributed by atoms with van der Waals surface area (Å²) in [6, 6.07) is 5.50.